The molecular formula is C19H19N3O. The Morgan fingerprint density at radius 1 is 1.04 bits per heavy atom. The van der Waals surface area contributed by atoms with Gasteiger partial charge in [0.2, 0.25) is 5.91 Å². The molecule has 0 aliphatic heterocycles. The summed E-state index contributed by atoms with van der Waals surface area (Å²) in [6.45, 7) is 2.32. The first kappa shape index (κ1) is 15.0. The second kappa shape index (κ2) is 6.92. The molecule has 2 aromatic carbocycles. The van der Waals surface area contributed by atoms with Crippen molar-refractivity contribution < 1.29 is 4.79 Å². The van der Waals surface area contributed by atoms with Crippen LogP contribution in [0.15, 0.2) is 66.9 Å². The molecule has 4 nitrogen and oxygen atoms in total. The molecule has 0 spiro atoms. The van der Waals surface area contributed by atoms with E-state index < -0.39 is 0 Å². The van der Waals surface area contributed by atoms with Gasteiger partial charge in [0, 0.05) is 30.3 Å². The molecule has 3 aromatic rings. The van der Waals surface area contributed by atoms with Gasteiger partial charge in [-0.05, 0) is 12.1 Å². The first-order valence-corrected chi connectivity index (χ1v) is 7.74. The number of nitrogens with zero attached hydrogens (tertiary/aromatic N) is 2. The van der Waals surface area contributed by atoms with Crippen LogP contribution in [0.1, 0.15) is 18.9 Å². The third-order valence-electron chi connectivity index (χ3n) is 3.66. The van der Waals surface area contributed by atoms with Crippen molar-refractivity contribution in [3.05, 3.63) is 72.4 Å². The lowest BCUT2D eigenvalue weighted by atomic mass is 10.1. The highest BCUT2D eigenvalue weighted by molar-refractivity contribution is 5.76. The maximum Gasteiger partial charge on any atom is 0.219 e. The van der Waals surface area contributed by atoms with Gasteiger partial charge < -0.3 is 5.32 Å². The number of hydrogen-bond donors (Lipinski definition) is 1. The minimum atomic E-state index is 0.0384. The van der Waals surface area contributed by atoms with Gasteiger partial charge in [-0.1, -0.05) is 55.5 Å². The van der Waals surface area contributed by atoms with E-state index in [0.29, 0.717) is 13.0 Å². The molecule has 116 valence electrons. The SMILES string of the molecule is CCC(=O)NCc1cn(-c2ccccc2)nc1-c1ccccc1. The molecule has 0 unspecified atom stereocenters. The van der Waals surface area contributed by atoms with Crippen molar-refractivity contribution in [3.63, 3.8) is 0 Å². The van der Waals surface area contributed by atoms with Gasteiger partial charge in [-0.15, -0.1) is 0 Å². The van der Waals surface area contributed by atoms with Crippen molar-refractivity contribution in [1.29, 1.82) is 0 Å². The maximum absolute atomic E-state index is 11.6. The van der Waals surface area contributed by atoms with Gasteiger partial charge in [0.25, 0.3) is 0 Å². The average molecular weight is 305 g/mol. The lowest BCUT2D eigenvalue weighted by molar-refractivity contribution is -0.120. The van der Waals surface area contributed by atoms with Gasteiger partial charge in [0.1, 0.15) is 0 Å². The summed E-state index contributed by atoms with van der Waals surface area (Å²) < 4.78 is 1.86. The fourth-order valence-electron chi connectivity index (χ4n) is 2.41. The minimum Gasteiger partial charge on any atom is -0.352 e. The van der Waals surface area contributed by atoms with Crippen LogP contribution in [0, 0.1) is 0 Å². The van der Waals surface area contributed by atoms with Crippen LogP contribution in [0.5, 0.6) is 0 Å². The fourth-order valence-corrected chi connectivity index (χ4v) is 2.41. The summed E-state index contributed by atoms with van der Waals surface area (Å²) in [6.07, 6.45) is 2.46. The zero-order chi connectivity index (χ0) is 16.1. The monoisotopic (exact) mass is 305 g/mol. The molecule has 0 fully saturated rings. The van der Waals surface area contributed by atoms with Crippen molar-refractivity contribution in [3.8, 4) is 16.9 Å². The van der Waals surface area contributed by atoms with E-state index in [1.54, 1.807) is 0 Å². The fraction of sp³-hybridized carbons (Fsp3) is 0.158. The van der Waals surface area contributed by atoms with E-state index in [1.807, 2.05) is 78.5 Å². The average Bonchev–Trinajstić information content (AvgIpc) is 3.05. The summed E-state index contributed by atoms with van der Waals surface area (Å²) >= 11 is 0. The van der Waals surface area contributed by atoms with Gasteiger partial charge in [0.15, 0.2) is 0 Å². The van der Waals surface area contributed by atoms with Crippen LogP contribution >= 0.6 is 0 Å². The number of carbonyl (C=O) groups excluding carboxylic acids is 1. The third-order valence-corrected chi connectivity index (χ3v) is 3.66. The van der Waals surface area contributed by atoms with Crippen LogP contribution in [-0.2, 0) is 11.3 Å². The lowest BCUT2D eigenvalue weighted by Crippen LogP contribution is -2.21. The van der Waals surface area contributed by atoms with E-state index in [2.05, 4.69) is 5.32 Å². The first-order valence-electron chi connectivity index (χ1n) is 7.74. The molecule has 4 heteroatoms. The van der Waals surface area contributed by atoms with Crippen molar-refractivity contribution in [1.82, 2.24) is 15.1 Å². The number of benzene rings is 2. The van der Waals surface area contributed by atoms with Gasteiger partial charge in [-0.25, -0.2) is 4.68 Å². The molecule has 0 atom stereocenters. The quantitative estimate of drug-likeness (QED) is 0.783. The summed E-state index contributed by atoms with van der Waals surface area (Å²) in [7, 11) is 0. The van der Waals surface area contributed by atoms with E-state index in [1.165, 1.54) is 0 Å². The number of carbonyl (C=O) groups is 1. The summed E-state index contributed by atoms with van der Waals surface area (Å²) in [4.78, 5) is 11.6. The van der Waals surface area contributed by atoms with E-state index >= 15 is 0 Å². The number of rotatable bonds is 5. The van der Waals surface area contributed by atoms with Gasteiger partial charge >= 0.3 is 0 Å². The van der Waals surface area contributed by atoms with Crippen molar-refractivity contribution in [2.45, 2.75) is 19.9 Å². The molecule has 0 saturated carbocycles. The summed E-state index contributed by atoms with van der Waals surface area (Å²) in [5.41, 5.74) is 3.94. The largest absolute Gasteiger partial charge is 0.352 e. The van der Waals surface area contributed by atoms with Crippen molar-refractivity contribution >= 4 is 5.91 Å². The van der Waals surface area contributed by atoms with Crippen LogP contribution in [0.3, 0.4) is 0 Å². The number of para-hydroxylation sites is 1. The number of amides is 1. The standard InChI is InChI=1S/C19H19N3O/c1-2-18(23)20-13-16-14-22(17-11-7-4-8-12-17)21-19(16)15-9-5-3-6-10-15/h3-12,14H,2,13H2,1H3,(H,20,23). The van der Waals surface area contributed by atoms with E-state index in [0.717, 1.165) is 22.5 Å². The Morgan fingerprint density at radius 3 is 2.35 bits per heavy atom. The highest BCUT2D eigenvalue weighted by Gasteiger charge is 2.12. The predicted octanol–water partition coefficient (Wildman–Crippen LogP) is 3.57. The molecular weight excluding hydrogens is 286 g/mol. The first-order chi connectivity index (χ1) is 11.3. The van der Waals surface area contributed by atoms with Crippen LogP contribution in [0.25, 0.3) is 16.9 Å². The Morgan fingerprint density at radius 2 is 1.70 bits per heavy atom. The minimum absolute atomic E-state index is 0.0384. The molecule has 1 N–H and O–H groups in total. The predicted molar refractivity (Wildman–Crippen MR) is 91.1 cm³/mol. The summed E-state index contributed by atoms with van der Waals surface area (Å²) in [6, 6.07) is 20.0. The second-order valence-electron chi connectivity index (χ2n) is 5.28. The molecule has 1 amide bonds. The molecule has 1 aromatic heterocycles. The molecule has 23 heavy (non-hydrogen) atoms. The summed E-state index contributed by atoms with van der Waals surface area (Å²) in [5.74, 6) is 0.0384. The maximum atomic E-state index is 11.6. The number of hydrogen-bond acceptors (Lipinski definition) is 2. The molecule has 0 saturated heterocycles. The van der Waals surface area contributed by atoms with E-state index in [4.69, 9.17) is 5.10 Å². The Balaban J connectivity index is 1.98. The van der Waals surface area contributed by atoms with Crippen LogP contribution in [0.2, 0.25) is 0 Å². The molecule has 0 radical (unpaired) electrons. The topological polar surface area (TPSA) is 46.9 Å². The molecule has 1 heterocycles. The van der Waals surface area contributed by atoms with Gasteiger partial charge in [0.05, 0.1) is 11.4 Å². The zero-order valence-electron chi connectivity index (χ0n) is 13.1. The van der Waals surface area contributed by atoms with Crippen molar-refractivity contribution in [2.75, 3.05) is 0 Å². The highest BCUT2D eigenvalue weighted by atomic mass is 16.1. The molecule has 0 bridgehead atoms. The Bertz CT molecular complexity index is 779. The Kier molecular flexibility index (Phi) is 4.52. The summed E-state index contributed by atoms with van der Waals surface area (Å²) in [5, 5.41) is 7.65. The van der Waals surface area contributed by atoms with Crippen molar-refractivity contribution in [2.24, 2.45) is 0 Å². The smallest absolute Gasteiger partial charge is 0.219 e. The Labute approximate surface area is 135 Å². The lowest BCUT2D eigenvalue weighted by Gasteiger charge is -2.04. The van der Waals surface area contributed by atoms with E-state index in [9.17, 15) is 4.79 Å². The molecule has 0 aliphatic carbocycles. The third kappa shape index (κ3) is 3.48. The van der Waals surface area contributed by atoms with Crippen LogP contribution < -0.4 is 5.32 Å². The number of aromatic nitrogens is 2. The van der Waals surface area contributed by atoms with Crippen LogP contribution in [-0.4, -0.2) is 15.7 Å². The zero-order valence-corrected chi connectivity index (χ0v) is 13.1. The Hall–Kier alpha value is -2.88. The molecule has 0 aliphatic rings. The van der Waals surface area contributed by atoms with E-state index in [-0.39, 0.29) is 5.91 Å². The van der Waals surface area contributed by atoms with Crippen LogP contribution in [0.4, 0.5) is 0 Å². The number of nitrogens with one attached hydrogen (secondary N) is 1. The normalized spacial score (nSPS) is 10.5. The second-order valence-corrected chi connectivity index (χ2v) is 5.28. The molecule has 3 rings (SSSR count). The van der Waals surface area contributed by atoms with Gasteiger partial charge in [-0.3, -0.25) is 4.79 Å². The highest BCUT2D eigenvalue weighted by Crippen LogP contribution is 2.23. The van der Waals surface area contributed by atoms with Gasteiger partial charge in [-0.2, -0.15) is 5.10 Å².